The SMILES string of the molecule is Cc1cc(NS(=O)(=O)C2CCCNC2)no1. The van der Waals surface area contributed by atoms with E-state index in [2.05, 4.69) is 15.2 Å². The number of rotatable bonds is 3. The highest BCUT2D eigenvalue weighted by atomic mass is 32.2. The van der Waals surface area contributed by atoms with Crippen molar-refractivity contribution in [2.24, 2.45) is 0 Å². The van der Waals surface area contributed by atoms with E-state index in [4.69, 9.17) is 4.52 Å². The number of anilines is 1. The summed E-state index contributed by atoms with van der Waals surface area (Å²) >= 11 is 0. The maximum Gasteiger partial charge on any atom is 0.238 e. The van der Waals surface area contributed by atoms with Crippen LogP contribution in [0.5, 0.6) is 0 Å². The molecule has 2 N–H and O–H groups in total. The number of aromatic nitrogens is 1. The second kappa shape index (κ2) is 4.42. The Morgan fingerprint density at radius 2 is 2.44 bits per heavy atom. The van der Waals surface area contributed by atoms with Crippen LogP contribution in [0.4, 0.5) is 5.82 Å². The molecule has 1 fully saturated rings. The summed E-state index contributed by atoms with van der Waals surface area (Å²) in [5.74, 6) is 0.836. The molecular weight excluding hydrogens is 230 g/mol. The van der Waals surface area contributed by atoms with E-state index in [9.17, 15) is 8.42 Å². The highest BCUT2D eigenvalue weighted by Gasteiger charge is 2.27. The lowest BCUT2D eigenvalue weighted by atomic mass is 10.2. The number of hydrogen-bond acceptors (Lipinski definition) is 5. The molecule has 1 saturated heterocycles. The first-order valence-electron chi connectivity index (χ1n) is 5.23. The Labute approximate surface area is 94.4 Å². The van der Waals surface area contributed by atoms with Crippen molar-refractivity contribution >= 4 is 15.8 Å². The first-order chi connectivity index (χ1) is 7.58. The van der Waals surface area contributed by atoms with E-state index in [1.165, 1.54) is 0 Å². The van der Waals surface area contributed by atoms with Crippen molar-refractivity contribution in [3.63, 3.8) is 0 Å². The van der Waals surface area contributed by atoms with Gasteiger partial charge in [0.15, 0.2) is 5.82 Å². The normalized spacial score (nSPS) is 21.9. The van der Waals surface area contributed by atoms with Crippen molar-refractivity contribution in [3.8, 4) is 0 Å². The lowest BCUT2D eigenvalue weighted by Gasteiger charge is -2.22. The summed E-state index contributed by atoms with van der Waals surface area (Å²) in [7, 11) is -3.36. The minimum Gasteiger partial charge on any atom is -0.360 e. The summed E-state index contributed by atoms with van der Waals surface area (Å²) in [4.78, 5) is 0. The first-order valence-corrected chi connectivity index (χ1v) is 6.78. The van der Waals surface area contributed by atoms with Gasteiger partial charge in [-0.15, -0.1) is 0 Å². The molecule has 0 aliphatic carbocycles. The monoisotopic (exact) mass is 245 g/mol. The molecule has 2 heterocycles. The van der Waals surface area contributed by atoms with Crippen molar-refractivity contribution in [2.75, 3.05) is 17.8 Å². The Balaban J connectivity index is 2.07. The van der Waals surface area contributed by atoms with Gasteiger partial charge in [0, 0.05) is 12.6 Å². The van der Waals surface area contributed by atoms with E-state index in [0.717, 1.165) is 13.0 Å². The summed E-state index contributed by atoms with van der Waals surface area (Å²) in [6.45, 7) is 3.09. The fourth-order valence-corrected chi connectivity index (χ4v) is 3.10. The summed E-state index contributed by atoms with van der Waals surface area (Å²) < 4.78 is 31.1. The van der Waals surface area contributed by atoms with E-state index in [1.54, 1.807) is 13.0 Å². The molecular formula is C9H15N3O3S. The van der Waals surface area contributed by atoms with Crippen LogP contribution < -0.4 is 10.0 Å². The molecule has 6 nitrogen and oxygen atoms in total. The molecule has 1 atom stereocenters. The van der Waals surface area contributed by atoms with Crippen molar-refractivity contribution in [1.29, 1.82) is 0 Å². The summed E-state index contributed by atoms with van der Waals surface area (Å²) in [5.41, 5.74) is 0. The predicted octanol–water partition coefficient (Wildman–Crippen LogP) is 0.477. The molecule has 16 heavy (non-hydrogen) atoms. The molecule has 0 radical (unpaired) electrons. The molecule has 0 saturated carbocycles. The minimum atomic E-state index is -3.36. The highest BCUT2D eigenvalue weighted by Crippen LogP contribution is 2.16. The maximum absolute atomic E-state index is 11.9. The lowest BCUT2D eigenvalue weighted by Crippen LogP contribution is -2.41. The number of aryl methyl sites for hydroxylation is 1. The second-order valence-corrected chi connectivity index (χ2v) is 5.90. The van der Waals surface area contributed by atoms with Gasteiger partial charge in [-0.05, 0) is 26.3 Å². The van der Waals surface area contributed by atoms with Gasteiger partial charge in [0.1, 0.15) is 5.76 Å². The van der Waals surface area contributed by atoms with Crippen LogP contribution >= 0.6 is 0 Å². The Kier molecular flexibility index (Phi) is 3.15. The van der Waals surface area contributed by atoms with Crippen LogP contribution in [0.25, 0.3) is 0 Å². The first kappa shape index (κ1) is 11.4. The minimum absolute atomic E-state index is 0.253. The average molecular weight is 245 g/mol. The molecule has 90 valence electrons. The van der Waals surface area contributed by atoms with E-state index in [-0.39, 0.29) is 5.82 Å². The fraction of sp³-hybridized carbons (Fsp3) is 0.667. The summed E-state index contributed by atoms with van der Waals surface area (Å²) in [5, 5.41) is 6.29. The van der Waals surface area contributed by atoms with Gasteiger partial charge in [0.2, 0.25) is 10.0 Å². The highest BCUT2D eigenvalue weighted by molar-refractivity contribution is 7.93. The van der Waals surface area contributed by atoms with E-state index in [1.807, 2.05) is 0 Å². The zero-order chi connectivity index (χ0) is 11.6. The van der Waals surface area contributed by atoms with Gasteiger partial charge in [-0.1, -0.05) is 5.16 Å². The molecule has 7 heteroatoms. The van der Waals surface area contributed by atoms with Gasteiger partial charge in [0.25, 0.3) is 0 Å². The van der Waals surface area contributed by atoms with Gasteiger partial charge in [-0.25, -0.2) is 8.42 Å². The molecule has 1 aromatic rings. The maximum atomic E-state index is 11.9. The molecule has 0 spiro atoms. The number of nitrogens with zero attached hydrogens (tertiary/aromatic N) is 1. The van der Waals surface area contributed by atoms with Crippen LogP contribution in [0.15, 0.2) is 10.6 Å². The van der Waals surface area contributed by atoms with Crippen LogP contribution in [0.2, 0.25) is 0 Å². The van der Waals surface area contributed by atoms with E-state index in [0.29, 0.717) is 18.7 Å². The quantitative estimate of drug-likeness (QED) is 0.809. The topological polar surface area (TPSA) is 84.2 Å². The summed E-state index contributed by atoms with van der Waals surface area (Å²) in [6, 6.07) is 1.56. The Morgan fingerprint density at radius 1 is 1.62 bits per heavy atom. The van der Waals surface area contributed by atoms with Crippen molar-refractivity contribution in [3.05, 3.63) is 11.8 Å². The van der Waals surface area contributed by atoms with Gasteiger partial charge in [0.05, 0.1) is 5.25 Å². The molecule has 1 aliphatic rings. The third-order valence-electron chi connectivity index (χ3n) is 2.57. The van der Waals surface area contributed by atoms with Crippen molar-refractivity contribution in [2.45, 2.75) is 25.0 Å². The number of piperidine rings is 1. The van der Waals surface area contributed by atoms with Crippen LogP contribution in [-0.2, 0) is 10.0 Å². The molecule has 0 bridgehead atoms. The van der Waals surface area contributed by atoms with Crippen LogP contribution in [0, 0.1) is 6.92 Å². The molecule has 2 rings (SSSR count). The van der Waals surface area contributed by atoms with E-state index < -0.39 is 15.3 Å². The number of sulfonamides is 1. The van der Waals surface area contributed by atoms with Gasteiger partial charge < -0.3 is 9.84 Å². The smallest absolute Gasteiger partial charge is 0.238 e. The van der Waals surface area contributed by atoms with Gasteiger partial charge in [-0.3, -0.25) is 4.72 Å². The Morgan fingerprint density at radius 3 is 3.00 bits per heavy atom. The van der Waals surface area contributed by atoms with Crippen LogP contribution in [0.3, 0.4) is 0 Å². The number of nitrogens with one attached hydrogen (secondary N) is 2. The molecule has 0 aromatic carbocycles. The zero-order valence-corrected chi connectivity index (χ0v) is 9.88. The fourth-order valence-electron chi connectivity index (χ4n) is 1.73. The van der Waals surface area contributed by atoms with Crippen molar-refractivity contribution < 1.29 is 12.9 Å². The molecule has 1 aromatic heterocycles. The largest absolute Gasteiger partial charge is 0.360 e. The molecule has 0 amide bonds. The molecule has 1 unspecified atom stereocenters. The number of hydrogen-bond donors (Lipinski definition) is 2. The standard InChI is InChI=1S/C9H15N3O3S/c1-7-5-9(11-15-7)12-16(13,14)8-3-2-4-10-6-8/h5,8,10H,2-4,6H2,1H3,(H,11,12). The predicted molar refractivity (Wildman–Crippen MR) is 59.7 cm³/mol. The summed E-state index contributed by atoms with van der Waals surface area (Å²) in [6.07, 6.45) is 1.56. The van der Waals surface area contributed by atoms with Crippen LogP contribution in [-0.4, -0.2) is 31.9 Å². The Bertz CT molecular complexity index is 448. The zero-order valence-electron chi connectivity index (χ0n) is 9.06. The van der Waals surface area contributed by atoms with Gasteiger partial charge in [-0.2, -0.15) is 0 Å². The lowest BCUT2D eigenvalue weighted by molar-refractivity contribution is 0.400. The second-order valence-electron chi connectivity index (χ2n) is 3.94. The third kappa shape index (κ3) is 2.53. The van der Waals surface area contributed by atoms with E-state index >= 15 is 0 Å². The van der Waals surface area contributed by atoms with Crippen molar-refractivity contribution in [1.82, 2.24) is 10.5 Å². The third-order valence-corrected chi connectivity index (χ3v) is 4.34. The molecule has 1 aliphatic heterocycles. The van der Waals surface area contributed by atoms with Crippen LogP contribution in [0.1, 0.15) is 18.6 Å². The van der Waals surface area contributed by atoms with Gasteiger partial charge >= 0.3 is 0 Å². The Hall–Kier alpha value is -1.08. The average Bonchev–Trinajstić information content (AvgIpc) is 2.64.